The van der Waals surface area contributed by atoms with Crippen molar-refractivity contribution in [3.63, 3.8) is 0 Å². The predicted molar refractivity (Wildman–Crippen MR) is 86.1 cm³/mol. The third kappa shape index (κ3) is 4.81. The molecule has 0 aromatic carbocycles. The first-order chi connectivity index (χ1) is 9.69. The summed E-state index contributed by atoms with van der Waals surface area (Å²) in [6.07, 6.45) is 2.44. The van der Waals surface area contributed by atoms with E-state index in [-0.39, 0.29) is 0 Å². The number of nitrogens with zero attached hydrogens (tertiary/aromatic N) is 3. The number of rotatable bonds is 6. The minimum Gasteiger partial charge on any atom is -0.310 e. The number of thiazole rings is 1. The summed E-state index contributed by atoms with van der Waals surface area (Å²) in [5.74, 6) is 0. The maximum Gasteiger partial charge on any atom is 0.107 e. The first-order valence-electron chi connectivity index (χ1n) is 7.75. The fourth-order valence-corrected chi connectivity index (χ4v) is 3.49. The Kier molecular flexibility index (Phi) is 6.42. The second kappa shape index (κ2) is 8.08. The number of hydrogen-bond acceptors (Lipinski definition) is 5. The highest BCUT2D eigenvalue weighted by atomic mass is 32.1. The Labute approximate surface area is 127 Å². The average molecular weight is 296 g/mol. The van der Waals surface area contributed by atoms with E-state index in [4.69, 9.17) is 4.98 Å². The molecule has 0 spiro atoms. The Balaban J connectivity index is 1.85. The molecule has 1 atom stereocenters. The van der Waals surface area contributed by atoms with Crippen LogP contribution in [0.2, 0.25) is 0 Å². The van der Waals surface area contributed by atoms with Gasteiger partial charge in [-0.25, -0.2) is 4.98 Å². The summed E-state index contributed by atoms with van der Waals surface area (Å²) in [4.78, 5) is 9.77. The van der Waals surface area contributed by atoms with Crippen LogP contribution >= 0.6 is 11.3 Å². The number of likely N-dealkylation sites (N-methyl/N-ethyl adjacent to an activating group) is 1. The number of hydrogen-bond donors (Lipinski definition) is 1. The first-order valence-corrected chi connectivity index (χ1v) is 8.63. The third-order valence-electron chi connectivity index (χ3n) is 3.85. The normalized spacial score (nSPS) is 22.1. The van der Waals surface area contributed by atoms with Crippen molar-refractivity contribution in [3.8, 4) is 0 Å². The van der Waals surface area contributed by atoms with Crippen LogP contribution in [0.5, 0.6) is 0 Å². The van der Waals surface area contributed by atoms with Crippen LogP contribution in [-0.4, -0.2) is 54.1 Å². The topological polar surface area (TPSA) is 31.4 Å². The molecule has 114 valence electrons. The van der Waals surface area contributed by atoms with Gasteiger partial charge in [0, 0.05) is 37.6 Å². The number of nitrogens with one attached hydrogen (secondary N) is 1. The van der Waals surface area contributed by atoms with Gasteiger partial charge >= 0.3 is 0 Å². The highest BCUT2D eigenvalue weighted by molar-refractivity contribution is 7.09. The summed E-state index contributed by atoms with van der Waals surface area (Å²) < 4.78 is 0. The van der Waals surface area contributed by atoms with Gasteiger partial charge in [-0.15, -0.1) is 11.3 Å². The summed E-state index contributed by atoms with van der Waals surface area (Å²) in [5, 5.41) is 6.86. The van der Waals surface area contributed by atoms with E-state index in [1.807, 2.05) is 0 Å². The second-order valence-electron chi connectivity index (χ2n) is 5.84. The van der Waals surface area contributed by atoms with Gasteiger partial charge in [0.25, 0.3) is 0 Å². The zero-order chi connectivity index (χ0) is 14.4. The van der Waals surface area contributed by atoms with Crippen LogP contribution in [-0.2, 0) is 13.1 Å². The van der Waals surface area contributed by atoms with E-state index < -0.39 is 0 Å². The quantitative estimate of drug-likeness (QED) is 0.815. The van der Waals surface area contributed by atoms with Crippen LogP contribution in [0.4, 0.5) is 0 Å². The summed E-state index contributed by atoms with van der Waals surface area (Å²) in [5.41, 5.74) is 1.24. The summed E-state index contributed by atoms with van der Waals surface area (Å²) in [6, 6.07) is 0.617. The van der Waals surface area contributed by atoms with Gasteiger partial charge in [0.15, 0.2) is 0 Å². The molecule has 1 aliphatic rings. The molecule has 0 radical (unpaired) electrons. The van der Waals surface area contributed by atoms with Crippen LogP contribution in [0.15, 0.2) is 5.38 Å². The minimum absolute atomic E-state index is 0.617. The fourth-order valence-electron chi connectivity index (χ4n) is 2.74. The molecule has 1 saturated heterocycles. The molecular formula is C15H28N4S. The van der Waals surface area contributed by atoms with Crippen molar-refractivity contribution in [3.05, 3.63) is 16.1 Å². The largest absolute Gasteiger partial charge is 0.310 e. The minimum atomic E-state index is 0.617. The highest BCUT2D eigenvalue weighted by Gasteiger charge is 2.20. The number of aromatic nitrogens is 1. The van der Waals surface area contributed by atoms with Gasteiger partial charge in [-0.2, -0.15) is 0 Å². The summed E-state index contributed by atoms with van der Waals surface area (Å²) in [7, 11) is 2.22. The van der Waals surface area contributed by atoms with Gasteiger partial charge in [-0.3, -0.25) is 4.90 Å². The molecule has 5 heteroatoms. The lowest BCUT2D eigenvalue weighted by molar-refractivity contribution is 0.193. The molecule has 1 aromatic heterocycles. The lowest BCUT2D eigenvalue weighted by atomic mass is 10.2. The van der Waals surface area contributed by atoms with Crippen LogP contribution in [0.1, 0.15) is 37.4 Å². The molecule has 0 amide bonds. The SMILES string of the molecule is CCCNCc1nc(CN2CCCN(C)CC2C)cs1. The van der Waals surface area contributed by atoms with E-state index in [9.17, 15) is 0 Å². The van der Waals surface area contributed by atoms with Crippen LogP contribution in [0.3, 0.4) is 0 Å². The Morgan fingerprint density at radius 3 is 3.10 bits per heavy atom. The molecular weight excluding hydrogens is 268 g/mol. The lowest BCUT2D eigenvalue weighted by Crippen LogP contribution is -2.37. The van der Waals surface area contributed by atoms with Gasteiger partial charge in [0.05, 0.1) is 5.69 Å². The Morgan fingerprint density at radius 2 is 2.30 bits per heavy atom. The van der Waals surface area contributed by atoms with Gasteiger partial charge in [-0.05, 0) is 39.9 Å². The molecule has 0 aliphatic carbocycles. The van der Waals surface area contributed by atoms with E-state index in [1.54, 1.807) is 11.3 Å². The van der Waals surface area contributed by atoms with Gasteiger partial charge in [0.2, 0.25) is 0 Å². The van der Waals surface area contributed by atoms with Gasteiger partial charge < -0.3 is 10.2 Å². The van der Waals surface area contributed by atoms with Crippen molar-refractivity contribution in [2.45, 2.75) is 45.8 Å². The first kappa shape index (κ1) is 15.9. The molecule has 1 N–H and O–H groups in total. The van der Waals surface area contributed by atoms with Gasteiger partial charge in [0.1, 0.15) is 5.01 Å². The molecule has 2 heterocycles. The fraction of sp³-hybridized carbons (Fsp3) is 0.800. The van der Waals surface area contributed by atoms with Crippen molar-refractivity contribution >= 4 is 11.3 Å². The van der Waals surface area contributed by atoms with E-state index in [2.05, 4.69) is 41.4 Å². The Hall–Kier alpha value is -0.490. The predicted octanol–water partition coefficient (Wildman–Crippen LogP) is 2.17. The zero-order valence-corrected chi connectivity index (χ0v) is 13.9. The molecule has 20 heavy (non-hydrogen) atoms. The van der Waals surface area contributed by atoms with Crippen molar-refractivity contribution in [2.75, 3.05) is 33.2 Å². The lowest BCUT2D eigenvalue weighted by Gasteiger charge is -2.27. The standard InChI is InChI=1S/C15H28N4S/c1-4-6-16-9-15-17-14(12-20-15)11-19-8-5-7-18(3)10-13(19)2/h12-13,16H,4-11H2,1-3H3. The maximum atomic E-state index is 4.76. The summed E-state index contributed by atoms with van der Waals surface area (Å²) >= 11 is 1.78. The van der Waals surface area contributed by atoms with Crippen molar-refractivity contribution in [1.82, 2.24) is 20.1 Å². The summed E-state index contributed by atoms with van der Waals surface area (Å²) in [6.45, 7) is 11.1. The third-order valence-corrected chi connectivity index (χ3v) is 4.75. The Bertz CT molecular complexity index is 393. The van der Waals surface area contributed by atoms with Crippen molar-refractivity contribution < 1.29 is 0 Å². The zero-order valence-electron chi connectivity index (χ0n) is 13.1. The van der Waals surface area contributed by atoms with E-state index in [0.717, 1.165) is 26.2 Å². The molecule has 1 unspecified atom stereocenters. The molecule has 1 aromatic rings. The van der Waals surface area contributed by atoms with Gasteiger partial charge in [-0.1, -0.05) is 6.92 Å². The molecule has 0 bridgehead atoms. The van der Waals surface area contributed by atoms with Crippen LogP contribution in [0, 0.1) is 0 Å². The second-order valence-corrected chi connectivity index (χ2v) is 6.79. The van der Waals surface area contributed by atoms with Crippen molar-refractivity contribution in [2.24, 2.45) is 0 Å². The molecule has 1 aliphatic heterocycles. The molecule has 0 saturated carbocycles. The monoisotopic (exact) mass is 296 g/mol. The highest BCUT2D eigenvalue weighted by Crippen LogP contribution is 2.15. The van der Waals surface area contributed by atoms with Crippen LogP contribution in [0.25, 0.3) is 0 Å². The maximum absolute atomic E-state index is 4.76. The van der Waals surface area contributed by atoms with E-state index >= 15 is 0 Å². The van der Waals surface area contributed by atoms with Crippen LogP contribution < -0.4 is 5.32 Å². The smallest absolute Gasteiger partial charge is 0.107 e. The van der Waals surface area contributed by atoms with Crippen molar-refractivity contribution in [1.29, 1.82) is 0 Å². The van der Waals surface area contributed by atoms with E-state index in [0.29, 0.717) is 6.04 Å². The molecule has 1 fully saturated rings. The Morgan fingerprint density at radius 1 is 1.45 bits per heavy atom. The van der Waals surface area contributed by atoms with E-state index in [1.165, 1.54) is 36.6 Å². The molecule has 4 nitrogen and oxygen atoms in total. The molecule has 2 rings (SSSR count). The average Bonchev–Trinajstić information content (AvgIpc) is 2.78.